The molecule has 1 aliphatic heterocycles. The average Bonchev–Trinajstić information content (AvgIpc) is 2.86. The first-order valence-corrected chi connectivity index (χ1v) is 8.39. The predicted octanol–water partition coefficient (Wildman–Crippen LogP) is 1.30. The number of hydrogen-bond acceptors (Lipinski definition) is 6. The molecule has 0 aromatic carbocycles. The van der Waals surface area contributed by atoms with Crippen LogP contribution in [0.25, 0.3) is 0 Å². The first-order chi connectivity index (χ1) is 10.1. The smallest absolute Gasteiger partial charge is 0.265 e. The van der Waals surface area contributed by atoms with Gasteiger partial charge >= 0.3 is 0 Å². The number of rotatable bonds is 6. The molecule has 4 N–H and O–H groups in total. The van der Waals surface area contributed by atoms with Crippen LogP contribution in [0.1, 0.15) is 36.4 Å². The van der Waals surface area contributed by atoms with Crippen LogP contribution in [-0.2, 0) is 0 Å². The van der Waals surface area contributed by atoms with E-state index in [-0.39, 0.29) is 5.91 Å². The molecule has 0 atom stereocenters. The van der Waals surface area contributed by atoms with Gasteiger partial charge in [0.1, 0.15) is 10.7 Å². The molecular formula is C14H25N5OS. The number of nitrogens with one attached hydrogen (secondary N) is 2. The van der Waals surface area contributed by atoms with E-state index in [1.54, 1.807) is 0 Å². The molecule has 1 aromatic rings. The van der Waals surface area contributed by atoms with Gasteiger partial charge in [0.25, 0.3) is 5.91 Å². The fourth-order valence-electron chi connectivity index (χ4n) is 2.27. The summed E-state index contributed by atoms with van der Waals surface area (Å²) >= 11 is 1.39. The number of hydrogen-bond donors (Lipinski definition) is 3. The van der Waals surface area contributed by atoms with Crippen molar-refractivity contribution < 1.29 is 4.79 Å². The minimum absolute atomic E-state index is 0.102. The number of carbonyl (C=O) groups excluding carboxylic acids is 1. The Morgan fingerprint density at radius 3 is 2.86 bits per heavy atom. The van der Waals surface area contributed by atoms with Crippen LogP contribution >= 0.6 is 11.3 Å². The van der Waals surface area contributed by atoms with Crippen LogP contribution in [0.3, 0.4) is 0 Å². The van der Waals surface area contributed by atoms with Gasteiger partial charge in [-0.1, -0.05) is 25.2 Å². The van der Waals surface area contributed by atoms with Crippen LogP contribution in [0.2, 0.25) is 0 Å². The lowest BCUT2D eigenvalue weighted by Crippen LogP contribution is -2.43. The van der Waals surface area contributed by atoms with E-state index in [1.165, 1.54) is 11.3 Å². The van der Waals surface area contributed by atoms with Crippen molar-refractivity contribution in [3.05, 3.63) is 4.88 Å². The van der Waals surface area contributed by atoms with Crippen molar-refractivity contribution in [3.63, 3.8) is 0 Å². The highest BCUT2D eigenvalue weighted by Gasteiger charge is 2.20. The molecule has 2 heterocycles. The number of nitrogens with two attached hydrogens (primary N) is 1. The van der Waals surface area contributed by atoms with E-state index in [0.29, 0.717) is 23.2 Å². The van der Waals surface area contributed by atoms with Crippen molar-refractivity contribution >= 4 is 28.2 Å². The first-order valence-electron chi connectivity index (χ1n) is 7.58. The fraction of sp³-hybridized carbons (Fsp3) is 0.714. The zero-order valence-electron chi connectivity index (χ0n) is 12.8. The van der Waals surface area contributed by atoms with E-state index in [9.17, 15) is 4.79 Å². The van der Waals surface area contributed by atoms with Crippen molar-refractivity contribution in [3.8, 4) is 0 Å². The molecule has 0 aliphatic carbocycles. The number of piperazine rings is 1. The van der Waals surface area contributed by atoms with Gasteiger partial charge in [-0.05, 0) is 18.8 Å². The maximum atomic E-state index is 12.2. The molecule has 7 heteroatoms. The highest BCUT2D eigenvalue weighted by molar-refractivity contribution is 7.18. The largest absolute Gasteiger partial charge is 0.382 e. The molecule has 0 spiro atoms. The summed E-state index contributed by atoms with van der Waals surface area (Å²) in [6, 6.07) is 0. The highest BCUT2D eigenvalue weighted by Crippen LogP contribution is 2.28. The number of carbonyl (C=O) groups is 1. The normalized spacial score (nSPS) is 15.5. The molecule has 6 nitrogen and oxygen atoms in total. The lowest BCUT2D eigenvalue weighted by Gasteiger charge is -2.26. The minimum Gasteiger partial charge on any atom is -0.382 e. The van der Waals surface area contributed by atoms with Crippen molar-refractivity contribution in [1.82, 2.24) is 15.6 Å². The molecule has 1 saturated heterocycles. The molecule has 118 valence electrons. The Labute approximate surface area is 130 Å². The maximum absolute atomic E-state index is 12.2. The van der Waals surface area contributed by atoms with Crippen molar-refractivity contribution in [2.75, 3.05) is 43.4 Å². The van der Waals surface area contributed by atoms with Crippen LogP contribution in [0.15, 0.2) is 0 Å². The van der Waals surface area contributed by atoms with Crippen LogP contribution in [-0.4, -0.2) is 43.6 Å². The number of nitrogens with zero attached hydrogens (tertiary/aromatic N) is 2. The van der Waals surface area contributed by atoms with E-state index >= 15 is 0 Å². The Balaban J connectivity index is 1.90. The molecule has 1 fully saturated rings. The molecule has 1 aromatic heterocycles. The third kappa shape index (κ3) is 4.57. The monoisotopic (exact) mass is 311 g/mol. The third-order valence-corrected chi connectivity index (χ3v) is 4.61. The summed E-state index contributed by atoms with van der Waals surface area (Å²) in [5, 5.41) is 7.08. The summed E-state index contributed by atoms with van der Waals surface area (Å²) in [6.07, 6.45) is 2.11. The molecule has 0 unspecified atom stereocenters. The second-order valence-electron chi connectivity index (χ2n) is 5.74. The van der Waals surface area contributed by atoms with E-state index in [2.05, 4.69) is 34.4 Å². The standard InChI is InChI=1S/C14H25N5OS/c1-10(2)4-3-5-17-13(20)11-12(15)18-14(21-11)19-8-6-16-7-9-19/h10,16H,3-9,15H2,1-2H3,(H,17,20). The Morgan fingerprint density at radius 2 is 2.19 bits per heavy atom. The summed E-state index contributed by atoms with van der Waals surface area (Å²) in [6.45, 7) is 8.75. The van der Waals surface area contributed by atoms with Gasteiger partial charge in [-0.3, -0.25) is 4.79 Å². The summed E-state index contributed by atoms with van der Waals surface area (Å²) in [7, 11) is 0. The Hall–Kier alpha value is -1.34. The van der Waals surface area contributed by atoms with Crippen molar-refractivity contribution in [2.24, 2.45) is 5.92 Å². The Morgan fingerprint density at radius 1 is 1.48 bits per heavy atom. The van der Waals surface area contributed by atoms with Crippen LogP contribution in [0.4, 0.5) is 10.9 Å². The fourth-order valence-corrected chi connectivity index (χ4v) is 3.22. The zero-order chi connectivity index (χ0) is 15.2. The Kier molecular flexibility index (Phi) is 5.81. The molecule has 1 aliphatic rings. The zero-order valence-corrected chi connectivity index (χ0v) is 13.6. The number of anilines is 2. The summed E-state index contributed by atoms with van der Waals surface area (Å²) in [5.41, 5.74) is 5.90. The lowest BCUT2D eigenvalue weighted by molar-refractivity contribution is 0.0957. The number of thiazole rings is 1. The maximum Gasteiger partial charge on any atom is 0.265 e. The minimum atomic E-state index is -0.102. The Bertz CT molecular complexity index is 468. The van der Waals surface area contributed by atoms with Gasteiger partial charge in [0.15, 0.2) is 5.13 Å². The molecule has 0 radical (unpaired) electrons. The predicted molar refractivity (Wildman–Crippen MR) is 88.0 cm³/mol. The van der Waals surface area contributed by atoms with Gasteiger partial charge in [-0.15, -0.1) is 0 Å². The van der Waals surface area contributed by atoms with E-state index in [0.717, 1.165) is 44.2 Å². The average molecular weight is 311 g/mol. The van der Waals surface area contributed by atoms with Gasteiger partial charge in [0, 0.05) is 32.7 Å². The third-order valence-electron chi connectivity index (χ3n) is 3.48. The second-order valence-corrected chi connectivity index (χ2v) is 6.72. The van der Waals surface area contributed by atoms with Gasteiger partial charge in [-0.2, -0.15) is 0 Å². The van der Waals surface area contributed by atoms with Gasteiger partial charge < -0.3 is 21.3 Å². The SMILES string of the molecule is CC(C)CCCNC(=O)c1sc(N2CCNCC2)nc1N. The summed E-state index contributed by atoms with van der Waals surface area (Å²) in [4.78, 5) is 19.2. The van der Waals surface area contributed by atoms with Gasteiger partial charge in [0.2, 0.25) is 0 Å². The lowest BCUT2D eigenvalue weighted by atomic mass is 10.1. The second kappa shape index (κ2) is 7.61. The highest BCUT2D eigenvalue weighted by atomic mass is 32.1. The van der Waals surface area contributed by atoms with E-state index in [4.69, 9.17) is 5.73 Å². The van der Waals surface area contributed by atoms with E-state index in [1.807, 2.05) is 0 Å². The van der Waals surface area contributed by atoms with Gasteiger partial charge in [0.05, 0.1) is 0 Å². The molecule has 2 rings (SSSR count). The number of amides is 1. The topological polar surface area (TPSA) is 83.3 Å². The van der Waals surface area contributed by atoms with Crippen LogP contribution < -0.4 is 21.3 Å². The van der Waals surface area contributed by atoms with Gasteiger partial charge in [-0.25, -0.2) is 4.98 Å². The van der Waals surface area contributed by atoms with Crippen molar-refractivity contribution in [2.45, 2.75) is 26.7 Å². The quantitative estimate of drug-likeness (QED) is 0.690. The molecule has 0 saturated carbocycles. The molecule has 21 heavy (non-hydrogen) atoms. The number of nitrogen functional groups attached to an aromatic ring is 1. The number of aromatic nitrogens is 1. The molecule has 1 amide bonds. The first kappa shape index (κ1) is 16.0. The summed E-state index contributed by atoms with van der Waals surface area (Å²) in [5.74, 6) is 0.903. The van der Waals surface area contributed by atoms with Crippen molar-refractivity contribution in [1.29, 1.82) is 0 Å². The van der Waals surface area contributed by atoms with Crippen LogP contribution in [0, 0.1) is 5.92 Å². The molecular weight excluding hydrogens is 286 g/mol. The van der Waals surface area contributed by atoms with E-state index < -0.39 is 0 Å². The summed E-state index contributed by atoms with van der Waals surface area (Å²) < 4.78 is 0. The molecule has 0 bridgehead atoms. The van der Waals surface area contributed by atoms with Crippen LogP contribution in [0.5, 0.6) is 0 Å².